The highest BCUT2D eigenvalue weighted by Crippen LogP contribution is 2.15. The monoisotopic (exact) mass is 249 g/mol. The Hall–Kier alpha value is -0.695. The molecule has 1 rings (SSSR count). The predicted molar refractivity (Wildman–Crippen MR) is 62.1 cm³/mol. The van der Waals surface area contributed by atoms with Gasteiger partial charge in [-0.3, -0.25) is 0 Å². The van der Waals surface area contributed by atoms with Crippen molar-refractivity contribution in [1.29, 1.82) is 0 Å². The zero-order valence-electron chi connectivity index (χ0n) is 9.13. The number of nitrogens with one attached hydrogen (secondary N) is 2. The number of aromatic nitrogens is 4. The van der Waals surface area contributed by atoms with Crippen molar-refractivity contribution in [3.63, 3.8) is 0 Å². The van der Waals surface area contributed by atoms with E-state index in [4.69, 9.17) is 10.0 Å². The Labute approximate surface area is 101 Å². The molecule has 9 heteroatoms. The normalized spacial score (nSPS) is 11.9. The molecule has 4 N–H and O–H groups in total. The van der Waals surface area contributed by atoms with Crippen molar-refractivity contribution in [1.82, 2.24) is 25.9 Å². The second-order valence-corrected chi connectivity index (χ2v) is 3.39. The lowest BCUT2D eigenvalue weighted by atomic mass is 9.83. The van der Waals surface area contributed by atoms with Crippen molar-refractivity contribution in [2.45, 2.75) is 31.6 Å². The smallest absolute Gasteiger partial charge is 0.427 e. The van der Waals surface area contributed by atoms with Crippen LogP contribution in [-0.4, -0.2) is 44.8 Å². The van der Waals surface area contributed by atoms with E-state index in [0.717, 1.165) is 19.3 Å². The maximum atomic E-state index is 8.66. The number of hydrogen-bond donors (Lipinski definition) is 4. The van der Waals surface area contributed by atoms with Crippen molar-refractivity contribution in [2.75, 3.05) is 7.05 Å². The van der Waals surface area contributed by atoms with Gasteiger partial charge in [0.05, 0.1) is 6.04 Å². The van der Waals surface area contributed by atoms with Crippen molar-refractivity contribution >= 4 is 19.5 Å². The van der Waals surface area contributed by atoms with Gasteiger partial charge in [0.25, 0.3) is 0 Å². The first-order valence-corrected chi connectivity index (χ1v) is 5.01. The maximum absolute atomic E-state index is 8.66. The van der Waals surface area contributed by atoms with Gasteiger partial charge in [-0.1, -0.05) is 12.8 Å². The van der Waals surface area contributed by atoms with Gasteiger partial charge >= 0.3 is 7.12 Å². The Morgan fingerprint density at radius 3 is 2.69 bits per heavy atom. The summed E-state index contributed by atoms with van der Waals surface area (Å²) in [4.78, 5) is 0. The van der Waals surface area contributed by atoms with Gasteiger partial charge in [0.2, 0.25) is 0 Å². The van der Waals surface area contributed by atoms with Crippen LogP contribution in [0.2, 0.25) is 6.32 Å². The molecular weight excluding hydrogens is 232 g/mol. The van der Waals surface area contributed by atoms with E-state index in [1.165, 1.54) is 0 Å². The molecule has 0 amide bonds. The predicted octanol–water partition coefficient (Wildman–Crippen LogP) is -0.475. The van der Waals surface area contributed by atoms with Crippen LogP contribution in [0.1, 0.15) is 31.1 Å². The Bertz CT molecular complexity index is 261. The van der Waals surface area contributed by atoms with Gasteiger partial charge in [-0.05, 0) is 30.2 Å². The van der Waals surface area contributed by atoms with E-state index in [9.17, 15) is 0 Å². The first-order valence-electron chi connectivity index (χ1n) is 5.01. The summed E-state index contributed by atoms with van der Waals surface area (Å²) >= 11 is 0. The maximum Gasteiger partial charge on any atom is 0.451 e. The van der Waals surface area contributed by atoms with Crippen LogP contribution in [0.4, 0.5) is 0 Å². The fraction of sp³-hybridized carbons (Fsp3) is 0.857. The Balaban J connectivity index is 0.00000225. The standard InChI is InChI=1S/C7H16BN5O2.ClH/c1-9-6(7-10-12-13-11-7)4-2-3-5-8(14)15;/h6,9,14-15H,2-5H2,1H3,(H,10,11,12,13);1H. The van der Waals surface area contributed by atoms with E-state index in [-0.39, 0.29) is 18.4 Å². The first-order chi connectivity index (χ1) is 7.24. The molecule has 0 fully saturated rings. The molecule has 7 nitrogen and oxygen atoms in total. The molecule has 1 aromatic heterocycles. The minimum Gasteiger partial charge on any atom is -0.427 e. The third kappa shape index (κ3) is 5.41. The molecule has 1 aromatic rings. The average Bonchev–Trinajstić information content (AvgIpc) is 2.70. The third-order valence-corrected chi connectivity index (χ3v) is 2.25. The number of halogens is 1. The fourth-order valence-corrected chi connectivity index (χ4v) is 1.41. The first kappa shape index (κ1) is 15.3. The molecule has 0 aliphatic rings. The van der Waals surface area contributed by atoms with Gasteiger partial charge in [0.15, 0.2) is 5.82 Å². The highest BCUT2D eigenvalue weighted by Gasteiger charge is 2.13. The van der Waals surface area contributed by atoms with E-state index < -0.39 is 7.12 Å². The zero-order chi connectivity index (χ0) is 11.1. The lowest BCUT2D eigenvalue weighted by Crippen LogP contribution is -2.18. The van der Waals surface area contributed by atoms with Crippen molar-refractivity contribution < 1.29 is 10.0 Å². The lowest BCUT2D eigenvalue weighted by molar-refractivity contribution is 0.399. The molecule has 0 aromatic carbocycles. The van der Waals surface area contributed by atoms with Gasteiger partial charge in [-0.15, -0.1) is 17.5 Å². The van der Waals surface area contributed by atoms with E-state index in [0.29, 0.717) is 12.1 Å². The molecule has 1 atom stereocenters. The summed E-state index contributed by atoms with van der Waals surface area (Å²) in [6, 6.07) is 0.0934. The SMILES string of the molecule is CNC(CCCCB(O)O)c1nnn[nH]1.Cl. The second-order valence-electron chi connectivity index (χ2n) is 3.39. The topological polar surface area (TPSA) is 107 Å². The fourth-order valence-electron chi connectivity index (χ4n) is 1.41. The highest BCUT2D eigenvalue weighted by molar-refractivity contribution is 6.40. The van der Waals surface area contributed by atoms with Crippen LogP contribution in [0.3, 0.4) is 0 Å². The van der Waals surface area contributed by atoms with E-state index in [2.05, 4.69) is 25.9 Å². The van der Waals surface area contributed by atoms with Gasteiger partial charge in [0.1, 0.15) is 0 Å². The minimum atomic E-state index is -1.20. The molecule has 0 aliphatic carbocycles. The van der Waals surface area contributed by atoms with Crippen molar-refractivity contribution in [3.8, 4) is 0 Å². The lowest BCUT2D eigenvalue weighted by Gasteiger charge is -2.11. The molecule has 0 aliphatic heterocycles. The molecule has 1 heterocycles. The van der Waals surface area contributed by atoms with Crippen molar-refractivity contribution in [3.05, 3.63) is 5.82 Å². The molecule has 0 radical (unpaired) electrons. The molecule has 92 valence electrons. The average molecular weight is 250 g/mol. The van der Waals surface area contributed by atoms with Crippen LogP contribution in [0.15, 0.2) is 0 Å². The summed E-state index contributed by atoms with van der Waals surface area (Å²) in [5.74, 6) is 0.710. The molecular formula is C7H17BClN5O2. The molecule has 0 saturated carbocycles. The quantitative estimate of drug-likeness (QED) is 0.384. The number of hydrogen-bond acceptors (Lipinski definition) is 6. The highest BCUT2D eigenvalue weighted by atomic mass is 35.5. The Morgan fingerprint density at radius 2 is 2.19 bits per heavy atom. The number of nitrogens with zero attached hydrogens (tertiary/aromatic N) is 3. The molecule has 16 heavy (non-hydrogen) atoms. The summed E-state index contributed by atoms with van der Waals surface area (Å²) in [6.07, 6.45) is 2.94. The Kier molecular flexibility index (Phi) is 8.09. The third-order valence-electron chi connectivity index (χ3n) is 2.25. The van der Waals surface area contributed by atoms with Crippen LogP contribution < -0.4 is 5.32 Å². The second kappa shape index (κ2) is 8.46. The van der Waals surface area contributed by atoms with E-state index in [1.54, 1.807) is 0 Å². The number of H-pyrrole nitrogens is 1. The van der Waals surface area contributed by atoms with Crippen LogP contribution >= 0.6 is 12.4 Å². The van der Waals surface area contributed by atoms with E-state index >= 15 is 0 Å². The largest absolute Gasteiger partial charge is 0.451 e. The van der Waals surface area contributed by atoms with Crippen molar-refractivity contribution in [2.24, 2.45) is 0 Å². The molecule has 0 spiro atoms. The molecule has 0 saturated heterocycles. The van der Waals surface area contributed by atoms with Crippen LogP contribution in [0, 0.1) is 0 Å². The van der Waals surface area contributed by atoms with Gasteiger partial charge in [-0.25, -0.2) is 5.10 Å². The summed E-state index contributed by atoms with van der Waals surface area (Å²) in [7, 11) is 0.638. The summed E-state index contributed by atoms with van der Waals surface area (Å²) in [5, 5.41) is 34.0. The number of tetrazole rings is 1. The summed E-state index contributed by atoms with van der Waals surface area (Å²) in [5.41, 5.74) is 0. The van der Waals surface area contributed by atoms with Crippen LogP contribution in [0.25, 0.3) is 0 Å². The summed E-state index contributed by atoms with van der Waals surface area (Å²) in [6.45, 7) is 0. The van der Waals surface area contributed by atoms with Gasteiger partial charge < -0.3 is 15.4 Å². The van der Waals surface area contributed by atoms with Crippen LogP contribution in [0.5, 0.6) is 0 Å². The molecule has 0 bridgehead atoms. The zero-order valence-corrected chi connectivity index (χ0v) is 9.94. The number of unbranched alkanes of at least 4 members (excludes halogenated alkanes) is 1. The van der Waals surface area contributed by atoms with Gasteiger partial charge in [0, 0.05) is 0 Å². The number of aromatic amines is 1. The van der Waals surface area contributed by atoms with E-state index in [1.807, 2.05) is 7.05 Å². The molecule has 1 unspecified atom stereocenters. The summed E-state index contributed by atoms with van der Waals surface area (Å²) < 4.78 is 0. The van der Waals surface area contributed by atoms with Crippen LogP contribution in [-0.2, 0) is 0 Å². The number of rotatable bonds is 7. The Morgan fingerprint density at radius 1 is 1.44 bits per heavy atom. The van der Waals surface area contributed by atoms with Gasteiger partial charge in [-0.2, -0.15) is 0 Å². The minimum absolute atomic E-state index is 0.